The van der Waals surface area contributed by atoms with Gasteiger partial charge in [-0.1, -0.05) is 48.0 Å². The summed E-state index contributed by atoms with van der Waals surface area (Å²) in [5.41, 5.74) is 2.26. The number of carbonyl (C=O) groups is 1. The molecule has 122 valence electrons. The topological polar surface area (TPSA) is 52.6 Å². The molecule has 0 fully saturated rings. The Morgan fingerprint density at radius 1 is 1.12 bits per heavy atom. The van der Waals surface area contributed by atoms with E-state index in [4.69, 9.17) is 4.74 Å². The van der Waals surface area contributed by atoms with Crippen LogP contribution < -0.4 is 28.7 Å². The Kier molecular flexibility index (Phi) is 8.63. The molecule has 0 aliphatic carbocycles. The number of carboxylic acids is 1. The van der Waals surface area contributed by atoms with E-state index in [9.17, 15) is 9.90 Å². The van der Waals surface area contributed by atoms with Crippen LogP contribution in [-0.2, 0) is 4.79 Å². The summed E-state index contributed by atoms with van der Waals surface area (Å²) in [6.07, 6.45) is 0.574. The summed E-state index contributed by atoms with van der Waals surface area (Å²) in [4.78, 5) is 12.4. The molecule has 0 spiro atoms. The van der Waals surface area contributed by atoms with Crippen molar-refractivity contribution in [1.82, 2.24) is 4.90 Å². The molecule has 0 unspecified atom stereocenters. The van der Waals surface area contributed by atoms with Gasteiger partial charge in [0.25, 0.3) is 0 Å². The Balaban J connectivity index is 0.00000288. The summed E-state index contributed by atoms with van der Waals surface area (Å²) in [5, 5.41) is 10.7. The number of aliphatic carboxylic acids is 1. The normalized spacial score (nSPS) is 11.6. The molecule has 0 bridgehead atoms. The second kappa shape index (κ2) is 10.2. The second-order valence-corrected chi connectivity index (χ2v) is 5.73. The molecule has 0 aliphatic rings. The van der Waals surface area contributed by atoms with E-state index >= 15 is 0 Å². The van der Waals surface area contributed by atoms with Gasteiger partial charge in [-0.15, -0.1) is 0 Å². The molecule has 2 aromatic rings. The van der Waals surface area contributed by atoms with E-state index in [1.165, 1.54) is 5.56 Å². The molecule has 5 heteroatoms. The first-order valence-electron chi connectivity index (χ1n) is 7.71. The summed E-state index contributed by atoms with van der Waals surface area (Å²) < 4.78 is 6.12. The quantitative estimate of drug-likeness (QED) is 0.597. The number of carboxylic acid groups (broad SMARTS) is 1. The first-order chi connectivity index (χ1) is 11.0. The molecule has 24 heavy (non-hydrogen) atoms. The fourth-order valence-corrected chi connectivity index (χ4v) is 2.38. The average Bonchev–Trinajstić information content (AvgIpc) is 2.53. The SMILES string of the molecule is Cc1ccc(O[C@H](CCN(C)CC(=O)[O-])c2ccccc2)cc1.[Li+]. The summed E-state index contributed by atoms with van der Waals surface area (Å²) in [7, 11) is 1.77. The third-order valence-electron chi connectivity index (χ3n) is 3.64. The van der Waals surface area contributed by atoms with Crippen LogP contribution in [0.25, 0.3) is 0 Å². The molecule has 1 atom stereocenters. The van der Waals surface area contributed by atoms with Crippen molar-refractivity contribution in [3.63, 3.8) is 0 Å². The van der Waals surface area contributed by atoms with Crippen molar-refractivity contribution in [3.8, 4) is 5.75 Å². The monoisotopic (exact) mass is 319 g/mol. The zero-order valence-corrected chi connectivity index (χ0v) is 14.6. The molecule has 2 aromatic carbocycles. The Bertz CT molecular complexity index is 616. The van der Waals surface area contributed by atoms with Crippen molar-refractivity contribution in [2.24, 2.45) is 0 Å². The third-order valence-corrected chi connectivity index (χ3v) is 3.64. The maximum absolute atomic E-state index is 10.7. The maximum Gasteiger partial charge on any atom is 1.00 e. The number of hydrogen-bond acceptors (Lipinski definition) is 4. The summed E-state index contributed by atoms with van der Waals surface area (Å²) >= 11 is 0. The smallest absolute Gasteiger partial charge is 0.549 e. The molecular formula is C19H22LiNO3. The molecule has 0 amide bonds. The molecule has 2 rings (SSSR count). The van der Waals surface area contributed by atoms with Crippen molar-refractivity contribution in [1.29, 1.82) is 0 Å². The molecule has 0 heterocycles. The standard InChI is InChI=1S/C19H23NO3.Li/c1-15-8-10-17(11-9-15)23-18(16-6-4-3-5-7-16)12-13-20(2)14-19(21)22;/h3-11,18H,12-14H2,1-2H3,(H,21,22);/q;+1/p-1/t18-;/m1./s1. The van der Waals surface area contributed by atoms with Crippen molar-refractivity contribution in [3.05, 3.63) is 65.7 Å². The van der Waals surface area contributed by atoms with Gasteiger partial charge in [0.15, 0.2) is 0 Å². The van der Waals surface area contributed by atoms with Gasteiger partial charge in [-0.3, -0.25) is 0 Å². The average molecular weight is 319 g/mol. The van der Waals surface area contributed by atoms with Crippen molar-refractivity contribution < 1.29 is 33.5 Å². The van der Waals surface area contributed by atoms with Crippen LogP contribution >= 0.6 is 0 Å². The molecule has 0 N–H and O–H groups in total. The van der Waals surface area contributed by atoms with Crippen molar-refractivity contribution >= 4 is 5.97 Å². The number of nitrogens with zero attached hydrogens (tertiary/aromatic N) is 1. The number of ether oxygens (including phenoxy) is 1. The molecule has 4 nitrogen and oxygen atoms in total. The fraction of sp³-hybridized carbons (Fsp3) is 0.316. The van der Waals surface area contributed by atoms with Gasteiger partial charge >= 0.3 is 18.9 Å². The zero-order chi connectivity index (χ0) is 16.7. The van der Waals surface area contributed by atoms with E-state index in [-0.39, 0.29) is 31.5 Å². The van der Waals surface area contributed by atoms with Gasteiger partial charge in [0.1, 0.15) is 11.9 Å². The molecular weight excluding hydrogens is 297 g/mol. The van der Waals surface area contributed by atoms with Crippen LogP contribution in [0.2, 0.25) is 0 Å². The maximum atomic E-state index is 10.7. The number of benzene rings is 2. The number of likely N-dealkylation sites (N-methyl/N-ethyl adjacent to an activating group) is 1. The van der Waals surface area contributed by atoms with Gasteiger partial charge < -0.3 is 19.5 Å². The Labute approximate surface area is 155 Å². The van der Waals surface area contributed by atoms with E-state index in [2.05, 4.69) is 0 Å². The van der Waals surface area contributed by atoms with Crippen molar-refractivity contribution in [2.45, 2.75) is 19.4 Å². The Morgan fingerprint density at radius 2 is 1.75 bits per heavy atom. The zero-order valence-electron chi connectivity index (χ0n) is 14.6. The Morgan fingerprint density at radius 3 is 2.33 bits per heavy atom. The van der Waals surface area contributed by atoms with Gasteiger partial charge in [0.2, 0.25) is 0 Å². The summed E-state index contributed by atoms with van der Waals surface area (Å²) in [6.45, 7) is 2.57. The van der Waals surface area contributed by atoms with Gasteiger partial charge in [0, 0.05) is 19.5 Å². The number of aryl methyl sites for hydroxylation is 1. The number of rotatable bonds is 8. The largest absolute Gasteiger partial charge is 1.00 e. The molecule has 0 aromatic heterocycles. The van der Waals surface area contributed by atoms with Gasteiger partial charge in [-0.25, -0.2) is 0 Å². The van der Waals surface area contributed by atoms with E-state index in [1.807, 2.05) is 61.5 Å². The minimum Gasteiger partial charge on any atom is -0.549 e. The van der Waals surface area contributed by atoms with E-state index in [1.54, 1.807) is 11.9 Å². The van der Waals surface area contributed by atoms with Crippen LogP contribution in [0.1, 0.15) is 23.7 Å². The van der Waals surface area contributed by atoms with E-state index in [0.717, 1.165) is 11.3 Å². The first kappa shape index (κ1) is 20.3. The van der Waals surface area contributed by atoms with Crippen molar-refractivity contribution in [2.75, 3.05) is 20.1 Å². The number of hydrogen-bond donors (Lipinski definition) is 0. The van der Waals surface area contributed by atoms with Crippen LogP contribution in [-0.4, -0.2) is 31.0 Å². The third kappa shape index (κ3) is 6.80. The Hall–Kier alpha value is -1.73. The molecule has 0 saturated heterocycles. The first-order valence-corrected chi connectivity index (χ1v) is 7.71. The summed E-state index contributed by atoms with van der Waals surface area (Å²) in [5.74, 6) is -0.254. The van der Waals surface area contributed by atoms with Crippen LogP contribution in [0.4, 0.5) is 0 Å². The second-order valence-electron chi connectivity index (χ2n) is 5.73. The minimum absolute atomic E-state index is 0. The predicted octanol–water partition coefficient (Wildman–Crippen LogP) is -0.809. The number of carbonyl (C=O) groups excluding carboxylic acids is 1. The molecule has 0 aliphatic heterocycles. The van der Waals surface area contributed by atoms with Crippen LogP contribution in [0.5, 0.6) is 5.75 Å². The summed E-state index contributed by atoms with van der Waals surface area (Å²) in [6, 6.07) is 17.9. The minimum atomic E-state index is -1.07. The van der Waals surface area contributed by atoms with E-state index in [0.29, 0.717) is 13.0 Å². The van der Waals surface area contributed by atoms with Crippen LogP contribution in [0.3, 0.4) is 0 Å². The van der Waals surface area contributed by atoms with Crippen LogP contribution in [0.15, 0.2) is 54.6 Å². The molecule has 0 radical (unpaired) electrons. The van der Waals surface area contributed by atoms with E-state index < -0.39 is 5.97 Å². The molecule has 0 saturated carbocycles. The fourth-order valence-electron chi connectivity index (χ4n) is 2.38. The van der Waals surface area contributed by atoms with Gasteiger partial charge in [0.05, 0.1) is 5.97 Å². The predicted molar refractivity (Wildman–Crippen MR) is 88.1 cm³/mol. The van der Waals surface area contributed by atoms with Gasteiger partial charge in [-0.2, -0.15) is 0 Å². The van der Waals surface area contributed by atoms with Crippen LogP contribution in [0, 0.1) is 6.92 Å². The van der Waals surface area contributed by atoms with Gasteiger partial charge in [-0.05, 0) is 31.7 Å².